The normalized spacial score (nSPS) is 12.4. The van der Waals surface area contributed by atoms with Crippen molar-refractivity contribution in [2.24, 2.45) is 0 Å². The van der Waals surface area contributed by atoms with Crippen LogP contribution in [-0.4, -0.2) is 16.2 Å². The van der Waals surface area contributed by atoms with E-state index in [0.29, 0.717) is 18.4 Å². The molecule has 1 heterocycles. The third-order valence-electron chi connectivity index (χ3n) is 2.66. The average molecular weight is 266 g/mol. The van der Waals surface area contributed by atoms with Crippen LogP contribution >= 0.6 is 11.6 Å². The van der Waals surface area contributed by atoms with Gasteiger partial charge in [0.15, 0.2) is 0 Å². The molecule has 4 heteroatoms. The van der Waals surface area contributed by atoms with Gasteiger partial charge < -0.3 is 5.11 Å². The van der Waals surface area contributed by atoms with Gasteiger partial charge in [-0.05, 0) is 23.8 Å². The zero-order valence-corrected chi connectivity index (χ0v) is 10.4. The van der Waals surface area contributed by atoms with E-state index in [0.717, 1.165) is 5.69 Å². The number of hydrogen-bond donors (Lipinski definition) is 1. The number of hydrogen-bond acceptors (Lipinski definition) is 2. The molecule has 2 rings (SSSR count). The van der Waals surface area contributed by atoms with Gasteiger partial charge >= 0.3 is 0 Å². The monoisotopic (exact) mass is 265 g/mol. The quantitative estimate of drug-likeness (QED) is 0.922. The van der Waals surface area contributed by atoms with Gasteiger partial charge in [-0.15, -0.1) is 0 Å². The third-order valence-corrected chi connectivity index (χ3v) is 3.08. The molecule has 1 N–H and O–H groups in total. The van der Waals surface area contributed by atoms with Crippen molar-refractivity contribution >= 4 is 11.6 Å². The molecule has 0 fully saturated rings. The maximum atomic E-state index is 13.2. The second-order valence-electron chi connectivity index (χ2n) is 4.10. The van der Waals surface area contributed by atoms with Gasteiger partial charge in [-0.1, -0.05) is 29.8 Å². The molecule has 1 aromatic carbocycles. The molecule has 2 nitrogen and oxygen atoms in total. The Morgan fingerprint density at radius 3 is 2.72 bits per heavy atom. The van der Waals surface area contributed by atoms with Crippen molar-refractivity contribution in [3.8, 4) is 0 Å². The average Bonchev–Trinajstić information content (AvgIpc) is 2.36. The Bertz CT molecular complexity index is 518. The van der Waals surface area contributed by atoms with Gasteiger partial charge in [0, 0.05) is 24.7 Å². The topological polar surface area (TPSA) is 33.1 Å². The van der Waals surface area contributed by atoms with E-state index in [-0.39, 0.29) is 5.02 Å². The number of rotatable bonds is 4. The summed E-state index contributed by atoms with van der Waals surface area (Å²) >= 11 is 5.84. The minimum atomic E-state index is -0.626. The number of benzene rings is 1. The molecule has 0 radical (unpaired) electrons. The summed E-state index contributed by atoms with van der Waals surface area (Å²) in [7, 11) is 0. The minimum absolute atomic E-state index is 0.0811. The molecular formula is C14H13ClFNO. The number of nitrogens with zero attached hydrogens (tertiary/aromatic N) is 1. The van der Waals surface area contributed by atoms with Crippen LogP contribution in [0.3, 0.4) is 0 Å². The van der Waals surface area contributed by atoms with E-state index < -0.39 is 11.9 Å². The van der Waals surface area contributed by atoms with Crippen LogP contribution in [0.2, 0.25) is 5.02 Å². The van der Waals surface area contributed by atoms with Crippen LogP contribution in [0.15, 0.2) is 42.6 Å². The fourth-order valence-corrected chi connectivity index (χ4v) is 2.00. The van der Waals surface area contributed by atoms with Crippen molar-refractivity contribution in [2.45, 2.75) is 18.9 Å². The van der Waals surface area contributed by atoms with E-state index in [1.54, 1.807) is 18.3 Å². The van der Waals surface area contributed by atoms with E-state index in [4.69, 9.17) is 11.6 Å². The van der Waals surface area contributed by atoms with E-state index in [1.807, 2.05) is 18.2 Å². The predicted octanol–water partition coefficient (Wildman–Crippen LogP) is 3.02. The molecule has 94 valence electrons. The molecule has 0 bridgehead atoms. The molecule has 0 aliphatic carbocycles. The van der Waals surface area contributed by atoms with Crippen LogP contribution in [0.1, 0.15) is 11.3 Å². The fourth-order valence-electron chi connectivity index (χ4n) is 1.79. The smallest absolute Gasteiger partial charge is 0.142 e. The third kappa shape index (κ3) is 3.28. The summed E-state index contributed by atoms with van der Waals surface area (Å²) in [5.74, 6) is -0.459. The molecular weight excluding hydrogens is 253 g/mol. The van der Waals surface area contributed by atoms with Gasteiger partial charge in [-0.25, -0.2) is 4.39 Å². The second kappa shape index (κ2) is 5.94. The lowest BCUT2D eigenvalue weighted by Gasteiger charge is -2.11. The molecule has 0 aliphatic rings. The zero-order chi connectivity index (χ0) is 13.0. The summed E-state index contributed by atoms with van der Waals surface area (Å²) in [5.41, 5.74) is 1.41. The number of aliphatic hydroxyl groups excluding tert-OH is 1. The van der Waals surface area contributed by atoms with Crippen molar-refractivity contribution in [2.75, 3.05) is 0 Å². The highest BCUT2D eigenvalue weighted by molar-refractivity contribution is 6.31. The highest BCUT2D eigenvalue weighted by Gasteiger charge is 2.12. The molecule has 0 saturated carbocycles. The number of aromatic nitrogens is 1. The van der Waals surface area contributed by atoms with Crippen molar-refractivity contribution in [3.63, 3.8) is 0 Å². The first-order chi connectivity index (χ1) is 8.66. The van der Waals surface area contributed by atoms with Crippen LogP contribution in [0, 0.1) is 5.82 Å². The summed E-state index contributed by atoms with van der Waals surface area (Å²) in [6.45, 7) is 0. The second-order valence-corrected chi connectivity index (χ2v) is 4.47. The Labute approximate surface area is 110 Å². The van der Waals surface area contributed by atoms with Gasteiger partial charge in [0.25, 0.3) is 0 Å². The van der Waals surface area contributed by atoms with Gasteiger partial charge in [-0.3, -0.25) is 4.98 Å². The lowest BCUT2D eigenvalue weighted by Crippen LogP contribution is -2.15. The van der Waals surface area contributed by atoms with Crippen molar-refractivity contribution < 1.29 is 9.50 Å². The summed E-state index contributed by atoms with van der Waals surface area (Å²) in [5, 5.41) is 10.0. The SMILES string of the molecule is OC(Cc1ccccn1)Cc1cccc(F)c1Cl. The predicted molar refractivity (Wildman–Crippen MR) is 69.1 cm³/mol. The van der Waals surface area contributed by atoms with Crippen molar-refractivity contribution in [3.05, 3.63) is 64.7 Å². The largest absolute Gasteiger partial charge is 0.392 e. The zero-order valence-electron chi connectivity index (χ0n) is 9.68. The standard InChI is InChI=1S/C14H13ClFNO/c15-14-10(4-3-6-13(14)16)8-12(18)9-11-5-1-2-7-17-11/h1-7,12,18H,8-9H2. The Balaban J connectivity index is 2.03. The molecule has 0 spiro atoms. The fraction of sp³-hybridized carbons (Fsp3) is 0.214. The Hall–Kier alpha value is -1.45. The lowest BCUT2D eigenvalue weighted by molar-refractivity contribution is 0.174. The van der Waals surface area contributed by atoms with Gasteiger partial charge in [-0.2, -0.15) is 0 Å². The van der Waals surface area contributed by atoms with E-state index >= 15 is 0 Å². The molecule has 0 saturated heterocycles. The van der Waals surface area contributed by atoms with E-state index in [9.17, 15) is 9.50 Å². The molecule has 0 aliphatic heterocycles. The molecule has 2 aromatic rings. The lowest BCUT2D eigenvalue weighted by atomic mass is 10.0. The summed E-state index contributed by atoms with van der Waals surface area (Å²) in [6, 6.07) is 10.1. The maximum absolute atomic E-state index is 13.2. The highest BCUT2D eigenvalue weighted by atomic mass is 35.5. The highest BCUT2D eigenvalue weighted by Crippen LogP contribution is 2.21. The van der Waals surface area contributed by atoms with Gasteiger partial charge in [0.05, 0.1) is 11.1 Å². The summed E-state index contributed by atoms with van der Waals surface area (Å²) < 4.78 is 13.2. The first-order valence-electron chi connectivity index (χ1n) is 5.67. The number of pyridine rings is 1. The van der Waals surface area contributed by atoms with Crippen LogP contribution < -0.4 is 0 Å². The summed E-state index contributed by atoms with van der Waals surface area (Å²) in [6.07, 6.45) is 1.79. The maximum Gasteiger partial charge on any atom is 0.142 e. The molecule has 1 unspecified atom stereocenters. The van der Waals surface area contributed by atoms with Crippen LogP contribution in [-0.2, 0) is 12.8 Å². The first kappa shape index (κ1) is 13.0. The van der Waals surface area contributed by atoms with Crippen molar-refractivity contribution in [1.82, 2.24) is 4.98 Å². The minimum Gasteiger partial charge on any atom is -0.392 e. The van der Waals surface area contributed by atoms with Crippen LogP contribution in [0.25, 0.3) is 0 Å². The Morgan fingerprint density at radius 1 is 1.17 bits per heavy atom. The van der Waals surface area contributed by atoms with Gasteiger partial charge in [0.2, 0.25) is 0 Å². The first-order valence-corrected chi connectivity index (χ1v) is 6.05. The number of aliphatic hydroxyl groups is 1. The van der Waals surface area contributed by atoms with E-state index in [2.05, 4.69) is 4.98 Å². The van der Waals surface area contributed by atoms with Crippen LogP contribution in [0.5, 0.6) is 0 Å². The molecule has 0 amide bonds. The van der Waals surface area contributed by atoms with Crippen LogP contribution in [0.4, 0.5) is 4.39 Å². The Morgan fingerprint density at radius 2 is 2.00 bits per heavy atom. The number of halogens is 2. The summed E-state index contributed by atoms with van der Waals surface area (Å²) in [4.78, 5) is 4.13. The molecule has 1 atom stereocenters. The molecule has 18 heavy (non-hydrogen) atoms. The molecule has 1 aromatic heterocycles. The van der Waals surface area contributed by atoms with Gasteiger partial charge in [0.1, 0.15) is 5.82 Å². The van der Waals surface area contributed by atoms with E-state index in [1.165, 1.54) is 6.07 Å². The Kier molecular flexibility index (Phi) is 4.28. The van der Waals surface area contributed by atoms with Crippen molar-refractivity contribution in [1.29, 1.82) is 0 Å².